The lowest BCUT2D eigenvalue weighted by Crippen LogP contribution is -2.39. The second-order valence-corrected chi connectivity index (χ2v) is 4.96. The van der Waals surface area contributed by atoms with Gasteiger partial charge in [0, 0.05) is 25.4 Å². The minimum Gasteiger partial charge on any atom is -0.398 e. The number of anilines is 1. The van der Waals surface area contributed by atoms with Crippen molar-refractivity contribution in [3.8, 4) is 0 Å². The summed E-state index contributed by atoms with van der Waals surface area (Å²) in [6.45, 7) is 3.54. The molecule has 1 aliphatic rings. The summed E-state index contributed by atoms with van der Waals surface area (Å²) in [5.41, 5.74) is 7.99. The summed E-state index contributed by atoms with van der Waals surface area (Å²) in [7, 11) is 0. The molecular formula is C14H20N2O2. The van der Waals surface area contributed by atoms with Gasteiger partial charge in [0.2, 0.25) is 0 Å². The minimum absolute atomic E-state index is 0.0157. The van der Waals surface area contributed by atoms with Crippen LogP contribution in [0.5, 0.6) is 0 Å². The first-order valence-electron chi connectivity index (χ1n) is 6.38. The number of aliphatic hydroxyl groups excluding tert-OH is 1. The number of hydrogen-bond acceptors (Lipinski definition) is 3. The van der Waals surface area contributed by atoms with Gasteiger partial charge in [0.15, 0.2) is 0 Å². The second-order valence-electron chi connectivity index (χ2n) is 4.96. The minimum atomic E-state index is 0.0157. The number of amides is 1. The average Bonchev–Trinajstić information content (AvgIpc) is 2.38. The normalized spacial score (nSPS) is 16.9. The highest BCUT2D eigenvalue weighted by atomic mass is 16.3. The number of nitrogen functional groups attached to an aromatic ring is 1. The van der Waals surface area contributed by atoms with E-state index in [1.54, 1.807) is 6.07 Å². The number of hydrogen-bond donors (Lipinski definition) is 2. The summed E-state index contributed by atoms with van der Waals surface area (Å²) >= 11 is 0. The van der Waals surface area contributed by atoms with Crippen LogP contribution in [0.3, 0.4) is 0 Å². The smallest absolute Gasteiger partial charge is 0.256 e. The van der Waals surface area contributed by atoms with E-state index >= 15 is 0 Å². The summed E-state index contributed by atoms with van der Waals surface area (Å²) in [4.78, 5) is 14.3. The number of piperidine rings is 1. The fourth-order valence-corrected chi connectivity index (χ4v) is 2.46. The number of benzene rings is 1. The van der Waals surface area contributed by atoms with Gasteiger partial charge < -0.3 is 15.7 Å². The lowest BCUT2D eigenvalue weighted by atomic mass is 9.96. The molecule has 1 aromatic rings. The van der Waals surface area contributed by atoms with Crippen LogP contribution in [0.1, 0.15) is 28.8 Å². The molecule has 1 saturated heterocycles. The highest BCUT2D eigenvalue weighted by molar-refractivity contribution is 6.00. The van der Waals surface area contributed by atoms with Crippen molar-refractivity contribution >= 4 is 11.6 Å². The van der Waals surface area contributed by atoms with Gasteiger partial charge in [-0.15, -0.1) is 0 Å². The predicted octanol–water partition coefficient (Wildman–Crippen LogP) is 1.42. The Balaban J connectivity index is 2.13. The van der Waals surface area contributed by atoms with Crippen molar-refractivity contribution in [1.29, 1.82) is 0 Å². The molecule has 0 atom stereocenters. The summed E-state index contributed by atoms with van der Waals surface area (Å²) in [5, 5.41) is 9.10. The molecule has 0 saturated carbocycles. The lowest BCUT2D eigenvalue weighted by Gasteiger charge is -2.31. The highest BCUT2D eigenvalue weighted by Crippen LogP contribution is 2.22. The summed E-state index contributed by atoms with van der Waals surface area (Å²) in [5.74, 6) is 0.352. The van der Waals surface area contributed by atoms with Crippen LogP contribution in [0.15, 0.2) is 18.2 Å². The fourth-order valence-electron chi connectivity index (χ4n) is 2.46. The van der Waals surface area contributed by atoms with Crippen LogP contribution < -0.4 is 5.73 Å². The van der Waals surface area contributed by atoms with Crippen LogP contribution in [-0.4, -0.2) is 35.6 Å². The van der Waals surface area contributed by atoms with Gasteiger partial charge in [-0.25, -0.2) is 0 Å². The Hall–Kier alpha value is -1.55. The molecule has 0 unspecified atom stereocenters. The Labute approximate surface area is 107 Å². The molecule has 1 fully saturated rings. The van der Waals surface area contributed by atoms with E-state index in [0.717, 1.165) is 18.4 Å². The van der Waals surface area contributed by atoms with Crippen molar-refractivity contribution < 1.29 is 9.90 Å². The van der Waals surface area contributed by atoms with E-state index in [1.165, 1.54) is 0 Å². The second kappa shape index (κ2) is 5.40. The molecule has 0 radical (unpaired) electrons. The zero-order valence-corrected chi connectivity index (χ0v) is 10.7. The first-order valence-corrected chi connectivity index (χ1v) is 6.38. The van der Waals surface area contributed by atoms with Crippen LogP contribution in [0.25, 0.3) is 0 Å². The number of carbonyl (C=O) groups is 1. The van der Waals surface area contributed by atoms with Gasteiger partial charge in [-0.05, 0) is 37.3 Å². The zero-order chi connectivity index (χ0) is 13.1. The third-order valence-electron chi connectivity index (χ3n) is 3.68. The summed E-state index contributed by atoms with van der Waals surface area (Å²) in [6, 6.07) is 5.53. The zero-order valence-electron chi connectivity index (χ0n) is 10.7. The van der Waals surface area contributed by atoms with E-state index in [0.29, 0.717) is 30.3 Å². The lowest BCUT2D eigenvalue weighted by molar-refractivity contribution is 0.0651. The van der Waals surface area contributed by atoms with Gasteiger partial charge in [0.05, 0.1) is 5.56 Å². The molecule has 4 nitrogen and oxygen atoms in total. The Morgan fingerprint density at radius 3 is 2.67 bits per heavy atom. The Morgan fingerprint density at radius 1 is 1.44 bits per heavy atom. The highest BCUT2D eigenvalue weighted by Gasteiger charge is 2.25. The number of nitrogens with two attached hydrogens (primary N) is 1. The monoisotopic (exact) mass is 248 g/mol. The van der Waals surface area contributed by atoms with Crippen molar-refractivity contribution in [3.05, 3.63) is 29.3 Å². The third-order valence-corrected chi connectivity index (χ3v) is 3.68. The largest absolute Gasteiger partial charge is 0.398 e. The first kappa shape index (κ1) is 12.9. The maximum absolute atomic E-state index is 12.4. The standard InChI is InChI=1S/C14H20N2O2/c1-10-3-2-4-12(15)13(10)14(18)16-7-5-11(9-17)6-8-16/h2-4,11,17H,5-9,15H2,1H3. The first-order chi connectivity index (χ1) is 8.63. The number of carbonyl (C=O) groups excluding carboxylic acids is 1. The van der Waals surface area contributed by atoms with E-state index in [1.807, 2.05) is 24.0 Å². The molecule has 1 aromatic carbocycles. The van der Waals surface area contributed by atoms with Crippen LogP contribution in [0.2, 0.25) is 0 Å². The molecule has 0 aromatic heterocycles. The van der Waals surface area contributed by atoms with Gasteiger partial charge in [0.25, 0.3) is 5.91 Å². The van der Waals surface area contributed by atoms with Crippen LogP contribution >= 0.6 is 0 Å². The molecule has 98 valence electrons. The summed E-state index contributed by atoms with van der Waals surface area (Å²) < 4.78 is 0. The quantitative estimate of drug-likeness (QED) is 0.778. The molecule has 1 heterocycles. The predicted molar refractivity (Wildman–Crippen MR) is 71.3 cm³/mol. The maximum atomic E-state index is 12.4. The van der Waals surface area contributed by atoms with Gasteiger partial charge in [-0.2, -0.15) is 0 Å². The molecule has 2 rings (SSSR count). The van der Waals surface area contributed by atoms with Gasteiger partial charge in [0.1, 0.15) is 0 Å². The molecule has 0 bridgehead atoms. The van der Waals surface area contributed by atoms with Crippen LogP contribution in [-0.2, 0) is 0 Å². The Morgan fingerprint density at radius 2 is 2.11 bits per heavy atom. The van der Waals surface area contributed by atoms with Crippen LogP contribution in [0.4, 0.5) is 5.69 Å². The van der Waals surface area contributed by atoms with E-state index < -0.39 is 0 Å². The molecule has 4 heteroatoms. The van der Waals surface area contributed by atoms with Crippen molar-refractivity contribution in [1.82, 2.24) is 4.90 Å². The topological polar surface area (TPSA) is 66.6 Å². The number of aliphatic hydroxyl groups is 1. The molecule has 18 heavy (non-hydrogen) atoms. The molecule has 0 spiro atoms. The van der Waals surface area contributed by atoms with Gasteiger partial charge >= 0.3 is 0 Å². The molecule has 3 N–H and O–H groups in total. The molecular weight excluding hydrogens is 228 g/mol. The SMILES string of the molecule is Cc1cccc(N)c1C(=O)N1CCC(CO)CC1. The van der Waals surface area contributed by atoms with Crippen LogP contribution in [0, 0.1) is 12.8 Å². The molecule has 1 aliphatic heterocycles. The average molecular weight is 248 g/mol. The van der Waals surface area contributed by atoms with Crippen molar-refractivity contribution in [2.24, 2.45) is 5.92 Å². The number of nitrogens with zero attached hydrogens (tertiary/aromatic N) is 1. The van der Waals surface area contributed by atoms with E-state index in [-0.39, 0.29) is 12.5 Å². The van der Waals surface area contributed by atoms with Gasteiger partial charge in [-0.1, -0.05) is 12.1 Å². The van der Waals surface area contributed by atoms with E-state index in [4.69, 9.17) is 10.8 Å². The van der Waals surface area contributed by atoms with Crippen molar-refractivity contribution in [3.63, 3.8) is 0 Å². The maximum Gasteiger partial charge on any atom is 0.256 e. The fraction of sp³-hybridized carbons (Fsp3) is 0.500. The Bertz CT molecular complexity index is 417. The molecule has 1 amide bonds. The molecule has 0 aliphatic carbocycles. The van der Waals surface area contributed by atoms with Crippen molar-refractivity contribution in [2.75, 3.05) is 25.4 Å². The number of aryl methyl sites for hydroxylation is 1. The number of rotatable bonds is 2. The van der Waals surface area contributed by atoms with Gasteiger partial charge in [-0.3, -0.25) is 4.79 Å². The van der Waals surface area contributed by atoms with E-state index in [9.17, 15) is 4.79 Å². The summed E-state index contributed by atoms with van der Waals surface area (Å²) in [6.07, 6.45) is 1.74. The van der Waals surface area contributed by atoms with Crippen molar-refractivity contribution in [2.45, 2.75) is 19.8 Å². The number of likely N-dealkylation sites (tertiary alicyclic amines) is 1. The Kier molecular flexibility index (Phi) is 3.87. The van der Waals surface area contributed by atoms with E-state index in [2.05, 4.69) is 0 Å². The third kappa shape index (κ3) is 2.48.